The summed E-state index contributed by atoms with van der Waals surface area (Å²) < 4.78 is 0. The Balaban J connectivity index is 1.42. The van der Waals surface area contributed by atoms with Gasteiger partial charge in [-0.2, -0.15) is 0 Å². The van der Waals surface area contributed by atoms with Crippen LogP contribution in [0.5, 0.6) is 0 Å². The Labute approximate surface area is 203 Å². The summed E-state index contributed by atoms with van der Waals surface area (Å²) in [4.78, 5) is 37.2. The van der Waals surface area contributed by atoms with E-state index in [9.17, 15) is 14.7 Å². The third kappa shape index (κ3) is 4.09. The van der Waals surface area contributed by atoms with Crippen molar-refractivity contribution < 1.29 is 14.7 Å². The van der Waals surface area contributed by atoms with Crippen LogP contribution < -0.4 is 0 Å². The van der Waals surface area contributed by atoms with Crippen molar-refractivity contribution in [3.8, 4) is 0 Å². The Hall–Kier alpha value is -3.19. The predicted octanol–water partition coefficient (Wildman–Crippen LogP) is 4.69. The molecule has 34 heavy (non-hydrogen) atoms. The van der Waals surface area contributed by atoms with Gasteiger partial charge in [0.15, 0.2) is 0 Å². The zero-order valence-electron chi connectivity index (χ0n) is 19.3. The molecule has 7 nitrogen and oxygen atoms in total. The minimum Gasteiger partial charge on any atom is -0.465 e. The molecule has 1 aliphatic heterocycles. The molecule has 5 rings (SSSR count). The molecule has 8 heteroatoms. The molecule has 1 aromatic carbocycles. The maximum atomic E-state index is 13.2. The number of rotatable bonds is 2. The van der Waals surface area contributed by atoms with Crippen LogP contribution in [0.15, 0.2) is 36.5 Å². The van der Waals surface area contributed by atoms with E-state index in [1.165, 1.54) is 4.90 Å². The maximum absolute atomic E-state index is 13.2. The summed E-state index contributed by atoms with van der Waals surface area (Å²) in [5.74, 6) is 0.183. The van der Waals surface area contributed by atoms with Crippen LogP contribution in [0.25, 0.3) is 10.9 Å². The van der Waals surface area contributed by atoms with Gasteiger partial charge in [0.1, 0.15) is 0 Å². The molecule has 1 unspecified atom stereocenters. The van der Waals surface area contributed by atoms with Crippen molar-refractivity contribution in [2.45, 2.75) is 45.1 Å². The number of benzene rings is 1. The molecule has 2 amide bonds. The molecular weight excluding hydrogens is 452 g/mol. The van der Waals surface area contributed by atoms with Crippen molar-refractivity contribution in [1.29, 1.82) is 0 Å². The van der Waals surface area contributed by atoms with E-state index in [1.807, 2.05) is 32.2 Å². The number of amides is 2. The lowest BCUT2D eigenvalue weighted by Crippen LogP contribution is -2.55. The van der Waals surface area contributed by atoms with Gasteiger partial charge in [-0.25, -0.2) is 4.79 Å². The van der Waals surface area contributed by atoms with Gasteiger partial charge in [-0.3, -0.25) is 14.8 Å². The number of nitrogens with zero attached hydrogens (tertiary/aromatic N) is 4. The Kier molecular flexibility index (Phi) is 5.90. The van der Waals surface area contributed by atoms with Crippen LogP contribution in [0.2, 0.25) is 5.02 Å². The second kappa shape index (κ2) is 8.87. The van der Waals surface area contributed by atoms with Gasteiger partial charge in [-0.05, 0) is 62.4 Å². The third-order valence-electron chi connectivity index (χ3n) is 7.05. The van der Waals surface area contributed by atoms with Crippen molar-refractivity contribution in [2.24, 2.45) is 0 Å². The highest BCUT2D eigenvalue weighted by molar-refractivity contribution is 6.36. The lowest BCUT2D eigenvalue weighted by atomic mass is 9.84. The van der Waals surface area contributed by atoms with Gasteiger partial charge in [-0.15, -0.1) is 0 Å². The third-order valence-corrected chi connectivity index (χ3v) is 7.48. The number of hydrogen-bond donors (Lipinski definition) is 1. The summed E-state index contributed by atoms with van der Waals surface area (Å²) in [5.41, 5.74) is 5.54. The number of carboxylic acid groups (broad SMARTS) is 1. The first-order valence-corrected chi connectivity index (χ1v) is 12.0. The van der Waals surface area contributed by atoms with E-state index in [-0.39, 0.29) is 11.9 Å². The summed E-state index contributed by atoms with van der Waals surface area (Å²) in [6, 6.07) is 9.42. The van der Waals surface area contributed by atoms with Crippen LogP contribution in [0, 0.1) is 6.92 Å². The average Bonchev–Trinajstić information content (AvgIpc) is 2.83. The monoisotopic (exact) mass is 478 g/mol. The van der Waals surface area contributed by atoms with Gasteiger partial charge in [-0.1, -0.05) is 23.7 Å². The molecule has 3 heterocycles. The largest absolute Gasteiger partial charge is 0.465 e. The predicted molar refractivity (Wildman–Crippen MR) is 131 cm³/mol. The summed E-state index contributed by atoms with van der Waals surface area (Å²) in [6.07, 6.45) is 3.55. The van der Waals surface area contributed by atoms with Crippen LogP contribution in [0.4, 0.5) is 4.79 Å². The fourth-order valence-corrected chi connectivity index (χ4v) is 5.47. The smallest absolute Gasteiger partial charge is 0.407 e. The quantitative estimate of drug-likeness (QED) is 0.577. The molecule has 1 fully saturated rings. The summed E-state index contributed by atoms with van der Waals surface area (Å²) in [6.45, 7) is 4.90. The number of aromatic nitrogens is 2. The fourth-order valence-electron chi connectivity index (χ4n) is 5.10. The van der Waals surface area contributed by atoms with E-state index in [1.54, 1.807) is 11.0 Å². The number of halogens is 1. The summed E-state index contributed by atoms with van der Waals surface area (Å²) in [5, 5.41) is 10.9. The Morgan fingerprint density at radius 2 is 2.00 bits per heavy atom. The van der Waals surface area contributed by atoms with E-state index in [4.69, 9.17) is 16.6 Å². The molecule has 1 N–H and O–H groups in total. The number of carbonyl (C=O) groups excluding carboxylic acids is 1. The number of pyridine rings is 2. The number of fused-ring (bicyclic) bond motifs is 2. The molecule has 0 spiro atoms. The standard InChI is InChI=1S/C26H27ClN4O3/c1-15-3-8-21(28-13-15)17-4-6-19-22(11-17)29-23-12-18(5-7-20(23)24(19)27)25(32)30-9-10-31(26(33)34)16(2)14-30/h3,5,7-8,12-13,16-17H,4,6,9-11,14H2,1-2H3,(H,33,34)/t16-,17?/m1/s1. The first-order valence-electron chi connectivity index (χ1n) is 11.6. The molecule has 1 aliphatic carbocycles. The van der Waals surface area contributed by atoms with Crippen molar-refractivity contribution >= 4 is 34.5 Å². The fraction of sp³-hybridized carbons (Fsp3) is 0.385. The van der Waals surface area contributed by atoms with Crippen LogP contribution in [0.3, 0.4) is 0 Å². The van der Waals surface area contributed by atoms with Crippen molar-refractivity contribution in [1.82, 2.24) is 19.8 Å². The Bertz CT molecular complexity index is 1280. The van der Waals surface area contributed by atoms with Crippen LogP contribution >= 0.6 is 11.6 Å². The number of carbonyl (C=O) groups is 2. The van der Waals surface area contributed by atoms with Crippen LogP contribution in [-0.2, 0) is 12.8 Å². The van der Waals surface area contributed by atoms with Gasteiger partial charge in [0, 0.05) is 60.1 Å². The molecule has 176 valence electrons. The van der Waals surface area contributed by atoms with Crippen molar-refractivity contribution in [3.63, 3.8) is 0 Å². The van der Waals surface area contributed by atoms with E-state index in [2.05, 4.69) is 17.1 Å². The highest BCUT2D eigenvalue weighted by Gasteiger charge is 2.30. The number of aryl methyl sites for hydroxylation is 1. The molecule has 0 saturated carbocycles. The van der Waals surface area contributed by atoms with E-state index in [0.717, 1.165) is 52.2 Å². The van der Waals surface area contributed by atoms with Gasteiger partial charge in [0.25, 0.3) is 5.91 Å². The van der Waals surface area contributed by atoms with Gasteiger partial charge >= 0.3 is 6.09 Å². The van der Waals surface area contributed by atoms with E-state index in [0.29, 0.717) is 36.6 Å². The zero-order chi connectivity index (χ0) is 24.0. The number of piperazine rings is 1. The van der Waals surface area contributed by atoms with Crippen LogP contribution in [-0.4, -0.2) is 62.6 Å². The molecule has 3 aromatic rings. The second-order valence-electron chi connectivity index (χ2n) is 9.36. The lowest BCUT2D eigenvalue weighted by Gasteiger charge is -2.38. The minimum atomic E-state index is -0.951. The summed E-state index contributed by atoms with van der Waals surface area (Å²) >= 11 is 6.81. The topological polar surface area (TPSA) is 86.6 Å². The molecule has 1 saturated heterocycles. The van der Waals surface area contributed by atoms with Crippen molar-refractivity contribution in [3.05, 3.63) is 69.6 Å². The lowest BCUT2D eigenvalue weighted by molar-refractivity contribution is 0.0507. The van der Waals surface area contributed by atoms with Gasteiger partial charge in [0.2, 0.25) is 0 Å². The highest BCUT2D eigenvalue weighted by Crippen LogP contribution is 2.37. The Morgan fingerprint density at radius 3 is 2.71 bits per heavy atom. The molecule has 2 atom stereocenters. The first-order chi connectivity index (χ1) is 16.3. The molecular formula is C26H27ClN4O3. The molecule has 0 radical (unpaired) electrons. The zero-order valence-corrected chi connectivity index (χ0v) is 20.0. The van der Waals surface area contributed by atoms with Crippen molar-refractivity contribution in [2.75, 3.05) is 19.6 Å². The van der Waals surface area contributed by atoms with E-state index < -0.39 is 6.09 Å². The first kappa shape index (κ1) is 22.6. The molecule has 2 aliphatic rings. The minimum absolute atomic E-state index is 0.115. The Morgan fingerprint density at radius 1 is 1.18 bits per heavy atom. The average molecular weight is 479 g/mol. The van der Waals surface area contributed by atoms with Gasteiger partial charge < -0.3 is 14.9 Å². The number of hydrogen-bond acceptors (Lipinski definition) is 4. The highest BCUT2D eigenvalue weighted by atomic mass is 35.5. The van der Waals surface area contributed by atoms with E-state index >= 15 is 0 Å². The molecule has 2 aromatic heterocycles. The van der Waals surface area contributed by atoms with Crippen LogP contribution in [0.1, 0.15) is 52.1 Å². The SMILES string of the molecule is Cc1ccc(C2CCc3c(nc4cc(C(=O)N5CCN(C(=O)O)[C@H](C)C5)ccc4c3Cl)C2)nc1. The molecule has 0 bridgehead atoms. The normalized spacial score (nSPS) is 20.3. The maximum Gasteiger partial charge on any atom is 0.407 e. The van der Waals surface area contributed by atoms with Gasteiger partial charge in [0.05, 0.1) is 10.5 Å². The second-order valence-corrected chi connectivity index (χ2v) is 9.74. The summed E-state index contributed by atoms with van der Waals surface area (Å²) in [7, 11) is 0.